The molecule has 1 aromatic rings. The Morgan fingerprint density at radius 1 is 1.38 bits per heavy atom. The van der Waals surface area contributed by atoms with Gasteiger partial charge in [-0.2, -0.15) is 0 Å². The number of hydrogen-bond acceptors (Lipinski definition) is 0. The Balaban J connectivity index is 2.34. The van der Waals surface area contributed by atoms with Gasteiger partial charge in [-0.3, -0.25) is 4.58 Å². The monoisotopic (exact) mass is 217 g/mol. The van der Waals surface area contributed by atoms with Crippen LogP contribution in [0.1, 0.15) is 31.8 Å². The van der Waals surface area contributed by atoms with Crippen LogP contribution in [-0.4, -0.2) is 11.3 Å². The Labute approximate surface area is 106 Å². The average Bonchev–Trinajstić information content (AvgIpc) is 2.37. The fourth-order valence-electron chi connectivity index (χ4n) is 1.74. The molecule has 1 nitrogen and oxygen atoms in total. The fourth-order valence-corrected chi connectivity index (χ4v) is 1.74. The third-order valence-corrected chi connectivity index (χ3v) is 2.53. The lowest BCUT2D eigenvalue weighted by Gasteiger charge is -2.20. The molecule has 0 amide bonds. The number of allylic oxidation sites excluding steroid dienone is 2. The van der Waals surface area contributed by atoms with Gasteiger partial charge in [0.25, 0.3) is 0 Å². The van der Waals surface area contributed by atoms with Crippen LogP contribution in [0.2, 0.25) is 0 Å². The topological polar surface area (TPSA) is 3.01 Å². The van der Waals surface area contributed by atoms with Crippen LogP contribution < -0.4 is 0 Å². The Bertz CT molecular complexity index is 664. The molecule has 0 unspecified atom stereocenters. The summed E-state index contributed by atoms with van der Waals surface area (Å²) < 4.78 is 46.1. The zero-order valence-electron chi connectivity index (χ0n) is 15.1. The van der Waals surface area contributed by atoms with Crippen molar-refractivity contribution in [3.05, 3.63) is 64.9 Å². The summed E-state index contributed by atoms with van der Waals surface area (Å²) in [6, 6.07) is 5.64. The van der Waals surface area contributed by atoms with E-state index in [-0.39, 0.29) is 11.1 Å². The maximum absolute atomic E-state index is 7.44. The zero-order chi connectivity index (χ0) is 16.7. The highest BCUT2D eigenvalue weighted by Crippen LogP contribution is 2.25. The van der Waals surface area contributed by atoms with Crippen LogP contribution in [0.5, 0.6) is 0 Å². The summed E-state index contributed by atoms with van der Waals surface area (Å²) in [6.07, 6.45) is 4.70. The molecule has 0 saturated heterocycles. The van der Waals surface area contributed by atoms with E-state index in [9.17, 15) is 0 Å². The van der Waals surface area contributed by atoms with Crippen LogP contribution >= 0.6 is 0 Å². The SMILES string of the molecule is [2H]C([2H])([2H])C1=C[N+](=C)[C-](c2ccc(C([2H])([2H])[2H])cc2C)C=C1. The standard InChI is InChI=1S/C15H17N/c1-11-5-7-14(13(3)9-11)15-8-6-12(2)10-16(15)4/h5-10H,4H2,1-3H3/i1D3,2D3. The van der Waals surface area contributed by atoms with Crippen LogP contribution in [-0.2, 0) is 0 Å². The first-order valence-electron chi connectivity index (χ1n) is 7.99. The number of nitrogens with zero attached hydrogens (tertiary/aromatic N) is 1. The molecule has 0 atom stereocenters. The lowest BCUT2D eigenvalue weighted by molar-refractivity contribution is -0.418. The highest BCUT2D eigenvalue weighted by molar-refractivity contribution is 5.45. The summed E-state index contributed by atoms with van der Waals surface area (Å²) in [4.78, 5) is 0. The number of benzene rings is 1. The van der Waals surface area contributed by atoms with Gasteiger partial charge in [0.15, 0.2) is 0 Å². The highest BCUT2D eigenvalue weighted by Gasteiger charge is 2.16. The molecule has 0 radical (unpaired) electrons. The molecule has 16 heavy (non-hydrogen) atoms. The molecule has 1 heteroatoms. The second-order valence-electron chi connectivity index (χ2n) is 3.80. The van der Waals surface area contributed by atoms with Crippen molar-refractivity contribution in [1.29, 1.82) is 0 Å². The van der Waals surface area contributed by atoms with Gasteiger partial charge in [0.1, 0.15) is 12.2 Å². The number of rotatable bonds is 1. The normalized spacial score (nSPS) is 22.4. The summed E-state index contributed by atoms with van der Waals surface area (Å²) in [5.74, 6) is 0. The second kappa shape index (κ2) is 4.01. The third-order valence-electron chi connectivity index (χ3n) is 2.53. The van der Waals surface area contributed by atoms with E-state index >= 15 is 0 Å². The van der Waals surface area contributed by atoms with Crippen molar-refractivity contribution in [3.8, 4) is 0 Å². The molecule has 1 heterocycles. The van der Waals surface area contributed by atoms with Crippen LogP contribution in [0.25, 0.3) is 0 Å². The van der Waals surface area contributed by atoms with Crippen LogP contribution in [0.15, 0.2) is 42.1 Å². The van der Waals surface area contributed by atoms with Crippen molar-refractivity contribution in [2.24, 2.45) is 0 Å². The molecule has 1 aliphatic heterocycles. The van der Waals surface area contributed by atoms with Crippen molar-refractivity contribution in [2.45, 2.75) is 20.6 Å². The van der Waals surface area contributed by atoms with Crippen molar-refractivity contribution in [1.82, 2.24) is 0 Å². The molecular weight excluding hydrogens is 194 g/mol. The molecule has 0 saturated carbocycles. The first kappa shape index (κ1) is 5.53. The van der Waals surface area contributed by atoms with E-state index in [1.807, 2.05) is 6.92 Å². The summed E-state index contributed by atoms with van der Waals surface area (Å²) in [7, 11) is 0. The predicted octanol–water partition coefficient (Wildman–Crippen LogP) is 3.37. The van der Waals surface area contributed by atoms with Gasteiger partial charge in [0, 0.05) is 8.22 Å². The highest BCUT2D eigenvalue weighted by atomic mass is 15.0. The summed E-state index contributed by atoms with van der Waals surface area (Å²) in [5.41, 5.74) is 2.11. The van der Waals surface area contributed by atoms with Gasteiger partial charge in [-0.05, 0) is 30.9 Å². The molecule has 0 bridgehead atoms. The summed E-state index contributed by atoms with van der Waals surface area (Å²) >= 11 is 0. The maximum atomic E-state index is 7.44. The van der Waals surface area contributed by atoms with Crippen LogP contribution in [0.3, 0.4) is 0 Å². The van der Waals surface area contributed by atoms with E-state index in [1.54, 1.807) is 30.4 Å². The van der Waals surface area contributed by atoms with E-state index in [0.717, 1.165) is 17.2 Å². The fraction of sp³-hybridized carbons (Fsp3) is 0.200. The molecule has 2 rings (SSSR count). The minimum Gasteiger partial charge on any atom is -0.255 e. The predicted molar refractivity (Wildman–Crippen MR) is 68.5 cm³/mol. The van der Waals surface area contributed by atoms with E-state index in [0.29, 0.717) is 0 Å². The largest absolute Gasteiger partial charge is 0.255 e. The molecule has 0 aromatic heterocycles. The Morgan fingerprint density at radius 3 is 2.88 bits per heavy atom. The van der Waals surface area contributed by atoms with E-state index in [2.05, 4.69) is 6.72 Å². The summed E-state index contributed by atoms with van der Waals surface area (Å²) in [6.45, 7) is 1.33. The van der Waals surface area contributed by atoms with Crippen molar-refractivity contribution >= 4 is 6.72 Å². The van der Waals surface area contributed by atoms with Gasteiger partial charge < -0.3 is 0 Å². The molecule has 0 spiro atoms. The van der Waals surface area contributed by atoms with E-state index < -0.39 is 13.7 Å². The van der Waals surface area contributed by atoms with Gasteiger partial charge in [0.05, 0.1) is 6.72 Å². The van der Waals surface area contributed by atoms with Gasteiger partial charge in [-0.25, -0.2) is 0 Å². The number of aryl methyl sites for hydroxylation is 2. The quantitative estimate of drug-likeness (QED) is 0.501. The van der Waals surface area contributed by atoms with E-state index in [1.165, 1.54) is 10.8 Å². The Kier molecular flexibility index (Phi) is 1.39. The minimum absolute atomic E-state index is 0.211. The lowest BCUT2D eigenvalue weighted by atomic mass is 9.97. The molecule has 1 aromatic carbocycles. The third kappa shape index (κ3) is 1.94. The average molecular weight is 217 g/mol. The van der Waals surface area contributed by atoms with Crippen LogP contribution in [0.4, 0.5) is 0 Å². The minimum atomic E-state index is -2.18. The van der Waals surface area contributed by atoms with Crippen molar-refractivity contribution < 1.29 is 12.8 Å². The van der Waals surface area contributed by atoms with Crippen molar-refractivity contribution in [2.75, 3.05) is 0 Å². The molecule has 0 N–H and O–H groups in total. The maximum Gasteiger partial charge on any atom is 0.147 e. The second-order valence-corrected chi connectivity index (χ2v) is 3.80. The van der Waals surface area contributed by atoms with Gasteiger partial charge in [0.2, 0.25) is 0 Å². The molecular formula is C15H17N. The molecule has 1 aliphatic rings. The molecule has 0 fully saturated rings. The first-order valence-corrected chi connectivity index (χ1v) is 4.99. The summed E-state index contributed by atoms with van der Waals surface area (Å²) in [5, 5.41) is 0. The first-order chi connectivity index (χ1) is 10.00. The Hall–Kier alpha value is -1.76. The molecule has 82 valence electrons. The van der Waals surface area contributed by atoms with Gasteiger partial charge in [-0.15, -0.1) is 12.1 Å². The smallest absolute Gasteiger partial charge is 0.147 e. The van der Waals surface area contributed by atoms with Gasteiger partial charge in [-0.1, -0.05) is 30.2 Å². The van der Waals surface area contributed by atoms with Crippen LogP contribution in [0, 0.1) is 19.8 Å². The van der Waals surface area contributed by atoms with E-state index in [4.69, 9.17) is 8.22 Å². The Morgan fingerprint density at radius 2 is 2.25 bits per heavy atom. The molecule has 0 aliphatic carbocycles. The van der Waals surface area contributed by atoms with Gasteiger partial charge >= 0.3 is 0 Å². The number of hydrogen-bond donors (Lipinski definition) is 0. The zero-order valence-corrected chi connectivity index (χ0v) is 9.12. The lowest BCUT2D eigenvalue weighted by Crippen LogP contribution is -2.15. The van der Waals surface area contributed by atoms with Crippen molar-refractivity contribution in [3.63, 3.8) is 0 Å².